The van der Waals surface area contributed by atoms with E-state index in [1.54, 1.807) is 31.2 Å². The lowest BCUT2D eigenvalue weighted by Crippen LogP contribution is -2.59. The third-order valence-electron chi connectivity index (χ3n) is 16.7. The summed E-state index contributed by atoms with van der Waals surface area (Å²) in [6.07, 6.45) is 8.40. The Balaban J connectivity index is 1.31. The Morgan fingerprint density at radius 3 is 2.39 bits per heavy atom. The van der Waals surface area contributed by atoms with Crippen molar-refractivity contribution in [3.8, 4) is 5.75 Å². The number of Topliss-reactive ketones (excluding diaryl/α,β-unsaturated/α-hetero) is 1. The van der Waals surface area contributed by atoms with Gasteiger partial charge < -0.3 is 53.2 Å². The normalized spacial score (nSPS) is 29.5. The summed E-state index contributed by atoms with van der Waals surface area (Å²) >= 11 is 0. The molecule has 11 atom stereocenters. The molecule has 1 spiro atoms. The number of phenols is 1. The van der Waals surface area contributed by atoms with E-state index < -0.39 is 71.1 Å². The molecule has 7 rings (SSSR count). The monoisotopic (exact) mass is 1010 g/mol. The number of allylic oxidation sites excluding steroid dienone is 8. The number of carbonyl (C=O) groups excluding carboxylic acids is 2. The van der Waals surface area contributed by atoms with Gasteiger partial charge in [-0.1, -0.05) is 102 Å². The molecule has 2 heterocycles. The fraction of sp³-hybridized carbons (Fsp3) is 0.483. The number of benzene rings is 3. The van der Waals surface area contributed by atoms with Crippen LogP contribution in [0.5, 0.6) is 5.75 Å². The highest BCUT2D eigenvalue weighted by Crippen LogP contribution is 2.63. The van der Waals surface area contributed by atoms with Crippen LogP contribution in [0.15, 0.2) is 130 Å². The Hall–Kier alpha value is -5.71. The number of nitrogens with one attached hydrogen (secondary N) is 2. The smallest absolute Gasteiger partial charge is 0.243 e. The van der Waals surface area contributed by atoms with Crippen molar-refractivity contribution < 1.29 is 40.2 Å². The fourth-order valence-corrected chi connectivity index (χ4v) is 12.8. The molecule has 14 nitrogen and oxygen atoms in total. The Morgan fingerprint density at radius 2 is 1.69 bits per heavy atom. The molecule has 11 unspecified atom stereocenters. The molecule has 398 valence electrons. The van der Waals surface area contributed by atoms with E-state index in [9.17, 15) is 35.4 Å². The van der Waals surface area contributed by atoms with Gasteiger partial charge in [0.15, 0.2) is 11.7 Å². The maximum Gasteiger partial charge on any atom is 0.243 e. The highest BCUT2D eigenvalue weighted by atomic mass is 16.3. The lowest BCUT2D eigenvalue weighted by molar-refractivity contribution is -0.168. The minimum absolute atomic E-state index is 0.0556. The summed E-state index contributed by atoms with van der Waals surface area (Å²) in [6.45, 7) is 11.7. The van der Waals surface area contributed by atoms with Gasteiger partial charge in [-0.3, -0.25) is 19.9 Å². The number of guanidine groups is 1. The number of β-amino-alcohol motifs (C(OH)–C–C–N with tert-alkyl or cyclic N) is 1. The fourth-order valence-electron chi connectivity index (χ4n) is 12.8. The molecule has 74 heavy (non-hydrogen) atoms. The SMILES string of the molecule is C=C(C=CC=C(CO)C1CCC2(C3CCC(O)Cc4cccc(c4)CC(C(CN=C(N)N)c4ccc(O)cc4)C(O)CNC4C(=O)NC(N)c5cccc(c54)CC(=O)C(C)=C3CCC2(C)O)C1O)CCC=C(C)C. The number of amides is 1. The van der Waals surface area contributed by atoms with Gasteiger partial charge in [-0.2, -0.15) is 0 Å². The standard InChI is InChI=1S/C60H80N6O8/c1-35(2)10-6-11-36(3)12-7-16-42(34-67)46-25-27-60(55(46)72)50-23-22-44(69)29-38-13-8-14-39(28-38)30-48(49(32-65-58(62)63)40-18-20-43(68)21-19-40)52(71)33-64-54-53-41(15-9-17-47(53)56(61)66-57(54)73)31-51(70)37(4)45(50)24-26-59(60,5)74/h7-10,12-21,28,44,46,48-50,52,54-56,64,67-69,71-72,74H,3,6,11,22-27,29-34,61H2,1-2,4-5H3,(H,66,73)(H4,62,63,65). The molecule has 0 saturated heterocycles. The molecule has 2 fully saturated rings. The van der Waals surface area contributed by atoms with Crippen LogP contribution in [0.2, 0.25) is 0 Å². The zero-order valence-corrected chi connectivity index (χ0v) is 43.6. The van der Waals surface area contributed by atoms with E-state index in [1.165, 1.54) is 5.57 Å². The molecule has 14 heteroatoms. The quantitative estimate of drug-likeness (QED) is 0.0443. The van der Waals surface area contributed by atoms with Crippen LogP contribution in [-0.4, -0.2) is 91.9 Å². The highest BCUT2D eigenvalue weighted by molar-refractivity contribution is 5.98. The third-order valence-corrected chi connectivity index (χ3v) is 16.7. The zero-order valence-electron chi connectivity index (χ0n) is 43.6. The molecular formula is C60H80N6O8. The largest absolute Gasteiger partial charge is 0.508 e. The van der Waals surface area contributed by atoms with E-state index in [0.29, 0.717) is 66.4 Å². The van der Waals surface area contributed by atoms with Crippen LogP contribution >= 0.6 is 0 Å². The van der Waals surface area contributed by atoms with Gasteiger partial charge >= 0.3 is 0 Å². The number of fused-ring (bicyclic) bond motifs is 4. The second kappa shape index (κ2) is 24.3. The molecule has 2 aliphatic carbocycles. The molecule has 0 aromatic heterocycles. The van der Waals surface area contributed by atoms with Crippen LogP contribution in [-0.2, 0) is 28.9 Å². The van der Waals surface area contributed by atoms with Gasteiger partial charge in [0.25, 0.3) is 0 Å². The van der Waals surface area contributed by atoms with Gasteiger partial charge in [-0.15, -0.1) is 0 Å². The maximum absolute atomic E-state index is 15.0. The predicted molar refractivity (Wildman–Crippen MR) is 290 cm³/mol. The summed E-state index contributed by atoms with van der Waals surface area (Å²) in [4.78, 5) is 33.5. The Bertz CT molecular complexity index is 2660. The van der Waals surface area contributed by atoms with Gasteiger partial charge in [0.1, 0.15) is 18.0 Å². The van der Waals surface area contributed by atoms with Crippen molar-refractivity contribution in [2.45, 2.75) is 140 Å². The predicted octanol–water partition coefficient (Wildman–Crippen LogP) is 6.21. The summed E-state index contributed by atoms with van der Waals surface area (Å²) in [6, 6.07) is 19.0. The Morgan fingerprint density at radius 1 is 0.973 bits per heavy atom. The Labute approximate surface area is 437 Å². The number of ketones is 1. The van der Waals surface area contributed by atoms with E-state index in [1.807, 2.05) is 67.6 Å². The number of hydrogen-bond donors (Lipinski definition) is 11. The van der Waals surface area contributed by atoms with Crippen LogP contribution in [0.1, 0.15) is 131 Å². The number of aromatic hydroxyl groups is 1. The minimum Gasteiger partial charge on any atom is -0.508 e. The van der Waals surface area contributed by atoms with Crippen molar-refractivity contribution >= 4 is 17.6 Å². The van der Waals surface area contributed by atoms with Gasteiger partial charge in [0.05, 0.1) is 30.5 Å². The Kier molecular flexibility index (Phi) is 18.4. The maximum atomic E-state index is 15.0. The van der Waals surface area contributed by atoms with E-state index in [0.717, 1.165) is 40.7 Å². The van der Waals surface area contributed by atoms with E-state index in [4.69, 9.17) is 17.2 Å². The zero-order chi connectivity index (χ0) is 53.5. The summed E-state index contributed by atoms with van der Waals surface area (Å²) in [5.74, 6) is -2.67. The second-order valence-electron chi connectivity index (χ2n) is 21.8. The number of aliphatic hydroxyl groups is 5. The summed E-state index contributed by atoms with van der Waals surface area (Å²) in [5.41, 5.74) is 24.3. The number of aliphatic hydroxyl groups excluding tert-OH is 4. The van der Waals surface area contributed by atoms with E-state index in [-0.39, 0.29) is 56.5 Å². The average molecular weight is 1010 g/mol. The number of aliphatic imine (C=N–C) groups is 1. The molecular weight excluding hydrogens is 933 g/mol. The molecule has 14 N–H and O–H groups in total. The lowest BCUT2D eigenvalue weighted by Gasteiger charge is -2.56. The molecule has 2 saturated carbocycles. The van der Waals surface area contributed by atoms with Gasteiger partial charge in [0.2, 0.25) is 5.91 Å². The molecule has 3 aromatic carbocycles. The minimum atomic E-state index is -1.37. The van der Waals surface area contributed by atoms with Crippen molar-refractivity contribution in [3.63, 3.8) is 0 Å². The van der Waals surface area contributed by atoms with Crippen LogP contribution in [0.25, 0.3) is 0 Å². The third kappa shape index (κ3) is 12.5. The first-order chi connectivity index (χ1) is 35.2. The number of phenolic OH excluding ortho intramolecular Hbond substituents is 1. The molecule has 2 aliphatic heterocycles. The number of nitrogens with two attached hydrogens (primary N) is 3. The van der Waals surface area contributed by atoms with Crippen molar-refractivity contribution in [3.05, 3.63) is 159 Å². The average Bonchev–Trinajstić information content (AvgIpc) is 3.69. The second-order valence-corrected chi connectivity index (χ2v) is 21.8. The van der Waals surface area contributed by atoms with Gasteiger partial charge in [-0.05, 0) is 160 Å². The first-order valence-corrected chi connectivity index (χ1v) is 26.4. The van der Waals surface area contributed by atoms with Crippen LogP contribution in [0.4, 0.5) is 0 Å². The summed E-state index contributed by atoms with van der Waals surface area (Å²) < 4.78 is 0. The van der Waals surface area contributed by atoms with Crippen LogP contribution < -0.4 is 27.8 Å². The first-order valence-electron chi connectivity index (χ1n) is 26.4. The summed E-state index contributed by atoms with van der Waals surface area (Å²) in [7, 11) is 0. The molecule has 0 radical (unpaired) electrons. The molecule has 4 aliphatic rings. The van der Waals surface area contributed by atoms with Gasteiger partial charge in [0, 0.05) is 36.8 Å². The molecule has 2 bridgehead atoms. The topological polar surface area (TPSA) is 270 Å². The van der Waals surface area contributed by atoms with E-state index >= 15 is 4.79 Å². The number of hydrogen-bond acceptors (Lipinski definition) is 11. The number of carbonyl (C=O) groups is 2. The van der Waals surface area contributed by atoms with Crippen LogP contribution in [0, 0.1) is 23.2 Å². The van der Waals surface area contributed by atoms with Crippen LogP contribution in [0.3, 0.4) is 0 Å². The summed E-state index contributed by atoms with van der Waals surface area (Å²) in [5, 5.41) is 77.2. The number of rotatable bonds is 11. The van der Waals surface area contributed by atoms with E-state index in [2.05, 4.69) is 42.1 Å². The molecule has 1 amide bonds. The first kappa shape index (κ1) is 56.0. The van der Waals surface area contributed by atoms with Gasteiger partial charge in [-0.25, -0.2) is 0 Å². The number of nitrogens with zero attached hydrogens (tertiary/aromatic N) is 1. The highest BCUT2D eigenvalue weighted by Gasteiger charge is 2.64. The van der Waals surface area contributed by atoms with Crippen molar-refractivity contribution in [2.75, 3.05) is 19.7 Å². The van der Waals surface area contributed by atoms with Crippen molar-refractivity contribution in [2.24, 2.45) is 45.4 Å². The van der Waals surface area contributed by atoms with Crippen molar-refractivity contribution in [1.82, 2.24) is 10.6 Å². The van der Waals surface area contributed by atoms with Crippen molar-refractivity contribution in [1.29, 1.82) is 0 Å². The molecule has 3 aromatic rings. The lowest BCUT2D eigenvalue weighted by atomic mass is 9.52.